The van der Waals surface area contributed by atoms with Gasteiger partial charge in [0.2, 0.25) is 0 Å². The van der Waals surface area contributed by atoms with Gasteiger partial charge in [-0.25, -0.2) is 0 Å². The highest BCUT2D eigenvalue weighted by atomic mass is 16.3. The molecular formula is C142H82O4. The molecule has 0 aliphatic heterocycles. The van der Waals surface area contributed by atoms with Gasteiger partial charge in [-0.15, -0.1) is 0 Å². The van der Waals surface area contributed by atoms with Crippen molar-refractivity contribution in [1.29, 1.82) is 0 Å². The zero-order chi connectivity index (χ0) is 95.2. The van der Waals surface area contributed by atoms with Crippen molar-refractivity contribution in [3.8, 4) is 122 Å². The molecule has 28 aromatic rings. The Hall–Kier alpha value is -18.5. The number of benzene rings is 24. The highest BCUT2D eigenvalue weighted by molar-refractivity contribution is 6.31. The lowest BCUT2D eigenvalue weighted by molar-refractivity contribution is 0.657. The Morgan fingerprint density at radius 3 is 0.658 bits per heavy atom. The molecule has 7 aliphatic carbocycles. The molecule has 4 nitrogen and oxygen atoms in total. The van der Waals surface area contributed by atoms with Crippen molar-refractivity contribution in [2.24, 2.45) is 0 Å². The van der Waals surface area contributed by atoms with Crippen LogP contribution in [0.5, 0.6) is 0 Å². The van der Waals surface area contributed by atoms with Crippen molar-refractivity contribution in [3.05, 3.63) is 539 Å². The number of para-hydroxylation sites is 3. The molecule has 4 aromatic heterocycles. The molecule has 0 atom stereocenters. The van der Waals surface area contributed by atoms with E-state index in [1.54, 1.807) is 0 Å². The van der Waals surface area contributed by atoms with Crippen LogP contribution in [0.25, 0.3) is 253 Å². The van der Waals surface area contributed by atoms with Crippen LogP contribution in [0, 0.1) is 0 Å². The van der Waals surface area contributed by atoms with Crippen molar-refractivity contribution in [3.63, 3.8) is 0 Å². The molecule has 0 unspecified atom stereocenters. The highest BCUT2D eigenvalue weighted by Crippen LogP contribution is 2.70. The number of fused-ring (bicyclic) bond motifs is 53. The second-order valence-electron chi connectivity index (χ2n) is 41.6. The molecule has 0 saturated heterocycles. The van der Waals surface area contributed by atoms with Crippen LogP contribution >= 0.6 is 0 Å². The van der Waals surface area contributed by atoms with Crippen molar-refractivity contribution in [1.82, 2.24) is 0 Å². The van der Waals surface area contributed by atoms with E-state index >= 15 is 0 Å². The van der Waals surface area contributed by atoms with Gasteiger partial charge in [-0.1, -0.05) is 438 Å². The Balaban J connectivity index is 0.000000127. The normalized spacial score (nSPS) is 14.5. The maximum absolute atomic E-state index is 7.29. The maximum atomic E-state index is 7.29. The van der Waals surface area contributed by atoms with Gasteiger partial charge >= 0.3 is 0 Å². The van der Waals surface area contributed by atoms with Crippen molar-refractivity contribution < 1.29 is 17.7 Å². The first-order valence-corrected chi connectivity index (χ1v) is 51.1. The Bertz CT molecular complexity index is 10600. The molecule has 0 N–H and O–H groups in total. The van der Waals surface area contributed by atoms with Crippen LogP contribution in [0.2, 0.25) is 0 Å². The first-order chi connectivity index (χ1) is 72.3. The third kappa shape index (κ3) is 9.59. The molecule has 4 heterocycles. The van der Waals surface area contributed by atoms with Gasteiger partial charge in [0.25, 0.3) is 0 Å². The van der Waals surface area contributed by atoms with E-state index in [-0.39, 0.29) is 5.41 Å². The molecule has 7 aliphatic rings. The molecule has 146 heavy (non-hydrogen) atoms. The van der Waals surface area contributed by atoms with Crippen LogP contribution in [0.4, 0.5) is 0 Å². The second kappa shape index (κ2) is 28.3. The monoisotopic (exact) mass is 1850 g/mol. The summed E-state index contributed by atoms with van der Waals surface area (Å²) in [6.45, 7) is 4.69. The molecular weight excluding hydrogens is 1770 g/mol. The van der Waals surface area contributed by atoms with Gasteiger partial charge in [0.05, 0.1) is 16.2 Å². The van der Waals surface area contributed by atoms with E-state index < -0.39 is 16.2 Å². The van der Waals surface area contributed by atoms with Crippen LogP contribution in [0.15, 0.2) is 479 Å². The van der Waals surface area contributed by atoms with Crippen molar-refractivity contribution in [2.45, 2.75) is 35.5 Å². The molecule has 0 saturated carbocycles. The highest BCUT2D eigenvalue weighted by Gasteiger charge is 2.56. The Kier molecular flexibility index (Phi) is 15.3. The molecule has 4 heteroatoms. The van der Waals surface area contributed by atoms with Crippen LogP contribution in [0.3, 0.4) is 0 Å². The summed E-state index contributed by atoms with van der Waals surface area (Å²) in [7, 11) is 0. The average Bonchev–Trinajstić information content (AvgIpc) is 1.50. The number of furan rings is 4. The van der Waals surface area contributed by atoms with Crippen molar-refractivity contribution in [2.75, 3.05) is 0 Å². The fraction of sp³-hybridized carbons (Fsp3) is 0.0423. The minimum Gasteiger partial charge on any atom is -0.456 e. The van der Waals surface area contributed by atoms with E-state index in [0.29, 0.717) is 0 Å². The van der Waals surface area contributed by atoms with E-state index in [1.165, 1.54) is 243 Å². The molecule has 35 rings (SSSR count). The van der Waals surface area contributed by atoms with Gasteiger partial charge < -0.3 is 17.7 Å². The molecule has 0 amide bonds. The van der Waals surface area contributed by atoms with Gasteiger partial charge in [-0.05, 0) is 246 Å². The number of hydrogen-bond acceptors (Lipinski definition) is 4. The van der Waals surface area contributed by atoms with Gasteiger partial charge in [0, 0.05) is 81.9 Å². The van der Waals surface area contributed by atoms with E-state index in [4.69, 9.17) is 17.7 Å². The molecule has 3 spiro atoms. The summed E-state index contributed by atoms with van der Waals surface area (Å²) in [5.41, 5.74) is 51.7. The first kappa shape index (κ1) is 79.2. The summed E-state index contributed by atoms with van der Waals surface area (Å²) >= 11 is 0. The van der Waals surface area contributed by atoms with Crippen molar-refractivity contribution >= 4 is 131 Å². The van der Waals surface area contributed by atoms with E-state index in [2.05, 4.69) is 475 Å². The predicted molar refractivity (Wildman–Crippen MR) is 600 cm³/mol. The average molecular weight is 1850 g/mol. The quantitative estimate of drug-likeness (QED) is 0.165. The van der Waals surface area contributed by atoms with Crippen LogP contribution in [-0.2, 0) is 21.7 Å². The standard InChI is InChI=1S/C76H42O2.C66H40O2/c1-3-24-50-48(22-1)68(43-36-39-65-56(42-43)73-66(77-65)40-37-64-71(73)53-27-10-16-35-62(53)76(64)59-32-13-7-20-46(59)47-21-8-14-33-60(47)76)49-23-2-4-25-51(49)69(50)54-28-17-29-55-72-67(78-74(54)55)41-38-63-70(72)52-26-9-15-34-61(52)75(63)57-30-11-5-18-44(57)45-19-6-12-31-58(45)75;1-65(2)49-29-11-9-23-43(49)59-53(65)33-35-55-61(59)47-27-15-25-45(63(47)67-55)57-39-19-3-5-21-41(39)58(42-22-6-4-20-40(42)57)46-26-16-28-48-62-56(68-64(46)48)36-34-54-60(62)44-24-10-14-32-52(44)66(54)50-30-12-7-17-37(50)38-18-8-13-31-51(38)66/h1-42H;3-36H,1-2H3. The zero-order valence-electron chi connectivity index (χ0n) is 79.5. The topological polar surface area (TPSA) is 52.6 Å². The Labute approximate surface area is 839 Å². The largest absolute Gasteiger partial charge is 0.456 e. The molecule has 674 valence electrons. The number of rotatable bonds is 4. The number of hydrogen-bond donors (Lipinski definition) is 0. The summed E-state index contributed by atoms with van der Waals surface area (Å²) in [5, 5.41) is 18.7. The first-order valence-electron chi connectivity index (χ1n) is 51.1. The SMILES string of the molecule is CC1(C)c2ccccc2-c2c1ccc1oc3c(-c4c5ccccc5c(-c5cccc6c5oc5ccc7c(c56)-c5ccccc5C75c6ccccc6-c6ccccc65)c5ccccc45)cccc3c21.c1ccc2c(c1)-c1ccccc1C21c2ccccc2-c2c1ccc1oc3ccc(-c4c5ccccc5c(-c5cccc6c5oc5ccc7c(c56)-c5ccccc5C75c6ccccc6-c6ccccc65)c5ccccc45)cc3c21. The van der Waals surface area contributed by atoms with Crippen LogP contribution in [0.1, 0.15) is 91.7 Å². The Morgan fingerprint density at radius 2 is 0.349 bits per heavy atom. The fourth-order valence-corrected chi connectivity index (χ4v) is 29.7. The molecule has 0 fully saturated rings. The third-order valence-corrected chi connectivity index (χ3v) is 35.0. The minimum absolute atomic E-state index is 0.104. The predicted octanol–water partition coefficient (Wildman–Crippen LogP) is 37.6. The molecule has 0 bridgehead atoms. The summed E-state index contributed by atoms with van der Waals surface area (Å²) < 4.78 is 28.5. The van der Waals surface area contributed by atoms with Gasteiger partial charge in [0.1, 0.15) is 44.7 Å². The third-order valence-electron chi connectivity index (χ3n) is 35.0. The van der Waals surface area contributed by atoms with Gasteiger partial charge in [0.15, 0.2) is 0 Å². The van der Waals surface area contributed by atoms with Crippen LogP contribution in [-0.4, -0.2) is 0 Å². The summed E-state index contributed by atoms with van der Waals surface area (Å²) in [6.07, 6.45) is 0. The van der Waals surface area contributed by atoms with Gasteiger partial charge in [-0.2, -0.15) is 0 Å². The smallest absolute Gasteiger partial charge is 0.143 e. The van der Waals surface area contributed by atoms with E-state index in [9.17, 15) is 0 Å². The second-order valence-corrected chi connectivity index (χ2v) is 41.6. The van der Waals surface area contributed by atoms with Crippen LogP contribution < -0.4 is 0 Å². The lowest BCUT2D eigenvalue weighted by atomic mass is 9.70. The van der Waals surface area contributed by atoms with E-state index in [1.807, 2.05) is 0 Å². The molecule has 0 radical (unpaired) electrons. The lowest BCUT2D eigenvalue weighted by Crippen LogP contribution is -2.25. The summed E-state index contributed by atoms with van der Waals surface area (Å²) in [6, 6.07) is 172. The summed E-state index contributed by atoms with van der Waals surface area (Å²) in [5.74, 6) is 0. The Morgan fingerprint density at radius 1 is 0.137 bits per heavy atom. The molecule has 24 aromatic carbocycles. The maximum Gasteiger partial charge on any atom is 0.143 e. The minimum atomic E-state index is -0.444. The van der Waals surface area contributed by atoms with Gasteiger partial charge in [-0.3, -0.25) is 0 Å². The fourth-order valence-electron chi connectivity index (χ4n) is 29.7. The zero-order valence-corrected chi connectivity index (χ0v) is 79.5. The van der Waals surface area contributed by atoms with E-state index in [0.717, 1.165) is 88.5 Å². The lowest BCUT2D eigenvalue weighted by Gasteiger charge is -2.30. The summed E-state index contributed by atoms with van der Waals surface area (Å²) in [4.78, 5) is 0.